The van der Waals surface area contributed by atoms with Crippen LogP contribution >= 0.6 is 12.2 Å². The molecule has 0 saturated carbocycles. The van der Waals surface area contributed by atoms with Crippen molar-refractivity contribution < 1.29 is 0 Å². The normalized spacial score (nSPS) is 17.6. The average molecular weight is 481 g/mol. The Hall–Kier alpha value is -3.44. The van der Waals surface area contributed by atoms with Gasteiger partial charge in [-0.3, -0.25) is 4.98 Å². The van der Waals surface area contributed by atoms with Gasteiger partial charge in [-0.05, 0) is 92.0 Å². The monoisotopic (exact) mass is 480 g/mol. The Morgan fingerprint density at radius 2 is 1.66 bits per heavy atom. The highest BCUT2D eigenvalue weighted by Crippen LogP contribution is 2.44. The molecule has 0 bridgehead atoms. The Kier molecular flexibility index (Phi) is 6.44. The Bertz CT molecular complexity index is 1340. The lowest BCUT2D eigenvalue weighted by Gasteiger charge is -2.28. The van der Waals surface area contributed by atoms with Gasteiger partial charge in [0.25, 0.3) is 0 Å². The molecule has 1 aliphatic rings. The van der Waals surface area contributed by atoms with E-state index in [0.29, 0.717) is 0 Å². The molecule has 0 radical (unpaired) electrons. The standard InChI is InChI=1S/C30H32N4S/c1-5-22-14-16-24(17-15-22)34-29(28(32-30(34)35)26-12-9-10-18-31-26)25-19-20(3)33(21(25)4)27-13-8-7-11-23(27)6-2/h7-19,28-29H,5-6H2,1-4H3,(H,32,35). The molecule has 1 aliphatic heterocycles. The number of hydrogen-bond acceptors (Lipinski definition) is 2. The first-order valence-corrected chi connectivity index (χ1v) is 12.8. The van der Waals surface area contributed by atoms with E-state index in [4.69, 9.17) is 17.2 Å². The van der Waals surface area contributed by atoms with Gasteiger partial charge in [0.2, 0.25) is 0 Å². The minimum Gasteiger partial charge on any atom is -0.351 e. The fourth-order valence-corrected chi connectivity index (χ4v) is 5.67. The molecule has 3 heterocycles. The van der Waals surface area contributed by atoms with Gasteiger partial charge < -0.3 is 14.8 Å². The smallest absolute Gasteiger partial charge is 0.174 e. The quantitative estimate of drug-likeness (QED) is 0.308. The van der Waals surface area contributed by atoms with Crippen LogP contribution in [0.4, 0.5) is 5.69 Å². The first-order chi connectivity index (χ1) is 17.0. The molecule has 2 atom stereocenters. The molecule has 2 aromatic carbocycles. The number of benzene rings is 2. The summed E-state index contributed by atoms with van der Waals surface area (Å²) in [5, 5.41) is 4.33. The molecule has 4 aromatic rings. The number of anilines is 1. The summed E-state index contributed by atoms with van der Waals surface area (Å²) in [7, 11) is 0. The second kappa shape index (κ2) is 9.67. The molecule has 2 aromatic heterocycles. The van der Waals surface area contributed by atoms with Crippen molar-refractivity contribution in [3.05, 3.63) is 113 Å². The SMILES string of the molecule is CCc1ccc(N2C(=S)NC(c3ccccn3)C2c2cc(C)n(-c3ccccc3CC)c2C)cc1. The Morgan fingerprint density at radius 1 is 0.914 bits per heavy atom. The van der Waals surface area contributed by atoms with Crippen molar-refractivity contribution in [1.29, 1.82) is 0 Å². The van der Waals surface area contributed by atoms with E-state index < -0.39 is 0 Å². The maximum Gasteiger partial charge on any atom is 0.174 e. The number of aromatic nitrogens is 2. The van der Waals surface area contributed by atoms with Crippen molar-refractivity contribution in [1.82, 2.24) is 14.9 Å². The lowest BCUT2D eigenvalue weighted by Crippen LogP contribution is -2.29. The first-order valence-electron chi connectivity index (χ1n) is 12.4. The van der Waals surface area contributed by atoms with Crippen LogP contribution in [0.25, 0.3) is 5.69 Å². The highest BCUT2D eigenvalue weighted by molar-refractivity contribution is 7.80. The third kappa shape index (κ3) is 4.14. The number of nitrogens with one attached hydrogen (secondary N) is 1. The summed E-state index contributed by atoms with van der Waals surface area (Å²) in [6, 6.07) is 25.8. The van der Waals surface area contributed by atoms with Crippen molar-refractivity contribution in [2.24, 2.45) is 0 Å². The zero-order valence-corrected chi connectivity index (χ0v) is 21.6. The van der Waals surface area contributed by atoms with Gasteiger partial charge in [0, 0.05) is 29.0 Å². The number of nitrogens with zero attached hydrogens (tertiary/aromatic N) is 3. The van der Waals surface area contributed by atoms with E-state index in [1.165, 1.54) is 33.8 Å². The van der Waals surface area contributed by atoms with Crippen LogP contribution in [0.2, 0.25) is 0 Å². The van der Waals surface area contributed by atoms with Crippen LogP contribution in [-0.2, 0) is 12.8 Å². The molecule has 178 valence electrons. The van der Waals surface area contributed by atoms with Crippen LogP contribution in [0.15, 0.2) is 79.0 Å². The highest BCUT2D eigenvalue weighted by atomic mass is 32.1. The van der Waals surface area contributed by atoms with E-state index >= 15 is 0 Å². The number of para-hydroxylation sites is 1. The van der Waals surface area contributed by atoms with Gasteiger partial charge in [0.15, 0.2) is 5.11 Å². The molecular formula is C30H32N4S. The van der Waals surface area contributed by atoms with Gasteiger partial charge in [-0.2, -0.15) is 0 Å². The first kappa shape index (κ1) is 23.3. The Morgan fingerprint density at radius 3 is 2.34 bits per heavy atom. The molecule has 4 nitrogen and oxygen atoms in total. The van der Waals surface area contributed by atoms with Gasteiger partial charge >= 0.3 is 0 Å². The predicted molar refractivity (Wildman–Crippen MR) is 148 cm³/mol. The minimum atomic E-state index is -0.0510. The van der Waals surface area contributed by atoms with Crippen molar-refractivity contribution in [3.63, 3.8) is 0 Å². The number of hydrogen-bond donors (Lipinski definition) is 1. The molecule has 1 saturated heterocycles. The second-order valence-electron chi connectivity index (χ2n) is 9.16. The molecule has 35 heavy (non-hydrogen) atoms. The lowest BCUT2D eigenvalue weighted by atomic mass is 9.96. The van der Waals surface area contributed by atoms with Crippen LogP contribution < -0.4 is 10.2 Å². The largest absolute Gasteiger partial charge is 0.351 e. The Balaban J connectivity index is 1.68. The van der Waals surface area contributed by atoms with Gasteiger partial charge in [0.05, 0.1) is 17.8 Å². The fourth-order valence-electron chi connectivity index (χ4n) is 5.33. The maximum atomic E-state index is 5.93. The van der Waals surface area contributed by atoms with Gasteiger partial charge in [-0.15, -0.1) is 0 Å². The van der Waals surface area contributed by atoms with Crippen molar-refractivity contribution in [2.75, 3.05) is 4.90 Å². The van der Waals surface area contributed by atoms with E-state index in [1.54, 1.807) is 0 Å². The zero-order chi connectivity index (χ0) is 24.5. The summed E-state index contributed by atoms with van der Waals surface area (Å²) in [5.74, 6) is 0. The number of aryl methyl sites for hydroxylation is 3. The third-order valence-corrected chi connectivity index (χ3v) is 7.44. The van der Waals surface area contributed by atoms with Crippen LogP contribution in [0.5, 0.6) is 0 Å². The van der Waals surface area contributed by atoms with E-state index in [9.17, 15) is 0 Å². The second-order valence-corrected chi connectivity index (χ2v) is 9.55. The zero-order valence-electron chi connectivity index (χ0n) is 20.8. The predicted octanol–water partition coefficient (Wildman–Crippen LogP) is 6.79. The summed E-state index contributed by atoms with van der Waals surface area (Å²) in [6.45, 7) is 8.82. The minimum absolute atomic E-state index is 0.0152. The van der Waals surface area contributed by atoms with Gasteiger partial charge in [-0.1, -0.05) is 50.2 Å². The number of pyridine rings is 1. The summed E-state index contributed by atoms with van der Waals surface area (Å²) >= 11 is 5.93. The lowest BCUT2D eigenvalue weighted by molar-refractivity contribution is 0.565. The van der Waals surface area contributed by atoms with Gasteiger partial charge in [-0.25, -0.2) is 0 Å². The number of thiocarbonyl (C=S) groups is 1. The van der Waals surface area contributed by atoms with Crippen LogP contribution in [0.1, 0.15) is 59.7 Å². The maximum absolute atomic E-state index is 5.93. The van der Waals surface area contributed by atoms with Crippen LogP contribution in [0, 0.1) is 13.8 Å². The topological polar surface area (TPSA) is 33.1 Å². The van der Waals surface area contributed by atoms with E-state index in [0.717, 1.165) is 29.3 Å². The van der Waals surface area contributed by atoms with Crippen molar-refractivity contribution >= 4 is 23.0 Å². The van der Waals surface area contributed by atoms with Crippen LogP contribution in [-0.4, -0.2) is 14.7 Å². The molecule has 5 heteroatoms. The van der Waals surface area contributed by atoms with Crippen LogP contribution in [0.3, 0.4) is 0 Å². The Labute approximate surface area is 213 Å². The molecular weight excluding hydrogens is 448 g/mol. The summed E-state index contributed by atoms with van der Waals surface area (Å²) in [4.78, 5) is 6.99. The molecule has 1 fully saturated rings. The number of rotatable bonds is 6. The summed E-state index contributed by atoms with van der Waals surface area (Å²) in [6.07, 6.45) is 3.86. The molecule has 0 spiro atoms. The average Bonchev–Trinajstić information content (AvgIpc) is 3.39. The van der Waals surface area contributed by atoms with Crippen molar-refractivity contribution in [2.45, 2.75) is 52.6 Å². The van der Waals surface area contributed by atoms with Gasteiger partial charge in [0.1, 0.15) is 0 Å². The van der Waals surface area contributed by atoms with E-state index in [1.807, 2.05) is 18.3 Å². The van der Waals surface area contributed by atoms with Crippen molar-refractivity contribution in [3.8, 4) is 5.69 Å². The third-order valence-electron chi connectivity index (χ3n) is 7.12. The summed E-state index contributed by atoms with van der Waals surface area (Å²) in [5.41, 5.74) is 9.71. The molecule has 5 rings (SSSR count). The molecule has 0 aliphatic carbocycles. The van der Waals surface area contributed by atoms with E-state index in [-0.39, 0.29) is 12.1 Å². The summed E-state index contributed by atoms with van der Waals surface area (Å²) < 4.78 is 2.39. The van der Waals surface area contributed by atoms with E-state index in [2.05, 4.69) is 103 Å². The molecule has 2 unspecified atom stereocenters. The molecule has 0 amide bonds. The highest BCUT2D eigenvalue weighted by Gasteiger charge is 2.42. The fraction of sp³-hybridized carbons (Fsp3) is 0.267. The molecule has 1 N–H and O–H groups in total.